The van der Waals surface area contributed by atoms with E-state index in [1.54, 1.807) is 7.11 Å². The summed E-state index contributed by atoms with van der Waals surface area (Å²) < 4.78 is 25.9. The van der Waals surface area contributed by atoms with Crippen LogP contribution in [-0.2, 0) is 21.2 Å². The fourth-order valence-electron chi connectivity index (χ4n) is 2.52. The Bertz CT molecular complexity index is 913. The smallest absolute Gasteiger partial charge is 0.158 e. The van der Waals surface area contributed by atoms with Crippen molar-refractivity contribution in [1.82, 2.24) is 0 Å². The van der Waals surface area contributed by atoms with Crippen molar-refractivity contribution >= 4 is 11.8 Å². The minimum absolute atomic E-state index is 0. The summed E-state index contributed by atoms with van der Waals surface area (Å²) >= 11 is 1.16. The minimum atomic E-state index is 0. The second-order valence-corrected chi connectivity index (χ2v) is 7.65. The van der Waals surface area contributed by atoms with E-state index in [9.17, 15) is 0 Å². The molecule has 0 bridgehead atoms. The lowest BCUT2D eigenvalue weighted by Crippen LogP contribution is -2.03. The number of benzene rings is 3. The summed E-state index contributed by atoms with van der Waals surface area (Å²) in [5.74, 6) is 2.58. The highest BCUT2D eigenvalue weighted by molar-refractivity contribution is 7.78. The predicted octanol–water partition coefficient (Wildman–Crippen LogP) is 8.38. The topological polar surface area (TPSA) is 46.2 Å². The lowest BCUT2D eigenvalue weighted by atomic mass is 10.3. The fraction of sp³-hybridized carbons (Fsp3) is 0.312. The van der Waals surface area contributed by atoms with E-state index in [1.165, 1.54) is 22.3 Å². The molecule has 0 radical (unpaired) electrons. The van der Waals surface area contributed by atoms with Crippen molar-refractivity contribution in [3.63, 3.8) is 0 Å². The number of hydrogen-bond donors (Lipinski definition) is 0. The number of methoxy groups -OCH3 is 1. The van der Waals surface area contributed by atoms with E-state index < -0.39 is 0 Å². The molecule has 0 unspecified atom stereocenters. The molecule has 210 valence electrons. The minimum Gasteiger partial charge on any atom is -0.498 e. The van der Waals surface area contributed by atoms with E-state index in [0.29, 0.717) is 26.4 Å². The van der Waals surface area contributed by atoms with Gasteiger partial charge in [-0.1, -0.05) is 66.5 Å². The maximum atomic E-state index is 5.55. The third-order valence-corrected chi connectivity index (χ3v) is 5.20. The van der Waals surface area contributed by atoms with Crippen LogP contribution < -0.4 is 14.2 Å². The summed E-state index contributed by atoms with van der Waals surface area (Å²) in [5, 5.41) is 0. The molecule has 0 atom stereocenters. The lowest BCUT2D eigenvalue weighted by molar-refractivity contribution is 0.179. The highest BCUT2D eigenvalue weighted by Crippen LogP contribution is 2.19. The van der Waals surface area contributed by atoms with Gasteiger partial charge in [0, 0.05) is 11.8 Å². The Hall–Kier alpha value is -3.51. The van der Waals surface area contributed by atoms with Gasteiger partial charge in [-0.15, -0.1) is 0 Å². The molecule has 0 saturated carbocycles. The first-order valence-corrected chi connectivity index (χ1v) is 13.4. The molecule has 3 aromatic carbocycles. The molecule has 0 saturated heterocycles. The first-order valence-electron chi connectivity index (χ1n) is 12.5. The van der Waals surface area contributed by atoms with E-state index in [0.717, 1.165) is 29.0 Å². The number of rotatable bonds is 13. The molecular weight excluding hydrogens is 496 g/mol. The number of para-hydroxylation sites is 1. The van der Waals surface area contributed by atoms with E-state index in [1.807, 2.05) is 82.3 Å². The Morgan fingerprint density at radius 1 is 0.579 bits per heavy atom. The SMILES string of the molecule is C.C=COCCOc1ccc([SH+]c2ccc(OC)cc2)cc1.C=COCCOc1ccccc1.CC.CC. The maximum Gasteiger partial charge on any atom is 0.158 e. The average Bonchev–Trinajstić information content (AvgIpc) is 2.98. The Balaban J connectivity index is 0. The molecular formula is C32H47O5S+. The van der Waals surface area contributed by atoms with Crippen molar-refractivity contribution in [2.75, 3.05) is 33.5 Å². The van der Waals surface area contributed by atoms with Crippen molar-refractivity contribution in [1.29, 1.82) is 0 Å². The van der Waals surface area contributed by atoms with Crippen LogP contribution in [0.15, 0.2) is 114 Å². The van der Waals surface area contributed by atoms with Gasteiger partial charge in [0.1, 0.15) is 43.7 Å². The van der Waals surface area contributed by atoms with E-state index in [4.69, 9.17) is 23.7 Å². The van der Waals surface area contributed by atoms with Gasteiger partial charge in [0.05, 0.1) is 19.6 Å². The third kappa shape index (κ3) is 17.8. The molecule has 3 rings (SSSR count). The van der Waals surface area contributed by atoms with Crippen LogP contribution in [0.25, 0.3) is 0 Å². The van der Waals surface area contributed by atoms with E-state index in [-0.39, 0.29) is 7.43 Å². The van der Waals surface area contributed by atoms with E-state index >= 15 is 0 Å². The Morgan fingerprint density at radius 2 is 0.974 bits per heavy atom. The quantitative estimate of drug-likeness (QED) is 0.0938. The van der Waals surface area contributed by atoms with Gasteiger partial charge < -0.3 is 23.7 Å². The molecule has 3 aromatic rings. The van der Waals surface area contributed by atoms with Crippen molar-refractivity contribution < 1.29 is 23.7 Å². The van der Waals surface area contributed by atoms with Crippen LogP contribution in [0.1, 0.15) is 35.1 Å². The van der Waals surface area contributed by atoms with Crippen LogP contribution in [0.5, 0.6) is 17.2 Å². The lowest BCUT2D eigenvalue weighted by Gasteiger charge is -2.05. The number of hydrogen-bond acceptors (Lipinski definition) is 5. The zero-order valence-electron chi connectivity index (χ0n) is 22.9. The normalized spacial score (nSPS) is 8.66. The van der Waals surface area contributed by atoms with Crippen LogP contribution in [0.2, 0.25) is 0 Å². The molecule has 0 fully saturated rings. The van der Waals surface area contributed by atoms with Crippen molar-refractivity contribution in [3.05, 3.63) is 105 Å². The maximum absolute atomic E-state index is 5.55. The zero-order chi connectivity index (χ0) is 27.6. The molecule has 0 N–H and O–H groups in total. The largest absolute Gasteiger partial charge is 0.498 e. The molecule has 0 aliphatic rings. The number of thiol groups is 1. The predicted molar refractivity (Wildman–Crippen MR) is 164 cm³/mol. The van der Waals surface area contributed by atoms with Gasteiger partial charge in [-0.3, -0.25) is 0 Å². The third-order valence-electron chi connectivity index (χ3n) is 4.09. The van der Waals surface area contributed by atoms with E-state index in [2.05, 4.69) is 37.4 Å². The van der Waals surface area contributed by atoms with Crippen LogP contribution in [0.4, 0.5) is 0 Å². The fourth-order valence-corrected chi connectivity index (χ4v) is 3.42. The Kier molecular flexibility index (Phi) is 25.6. The summed E-state index contributed by atoms with van der Waals surface area (Å²) in [7, 11) is 1.67. The molecule has 0 aliphatic carbocycles. The van der Waals surface area contributed by atoms with Crippen LogP contribution in [0.3, 0.4) is 0 Å². The van der Waals surface area contributed by atoms with Crippen LogP contribution in [-0.4, -0.2) is 33.5 Å². The molecule has 0 aromatic heterocycles. The summed E-state index contributed by atoms with van der Waals surface area (Å²) in [6, 6.07) is 25.8. The molecule has 0 aliphatic heterocycles. The van der Waals surface area contributed by atoms with Gasteiger partial charge in [0.15, 0.2) is 9.79 Å². The van der Waals surface area contributed by atoms with Gasteiger partial charge in [-0.05, 0) is 60.7 Å². The second kappa shape index (κ2) is 26.6. The Labute approximate surface area is 235 Å². The summed E-state index contributed by atoms with van der Waals surface area (Å²) in [5.41, 5.74) is 0. The van der Waals surface area contributed by atoms with Gasteiger partial charge in [-0.25, -0.2) is 0 Å². The van der Waals surface area contributed by atoms with Crippen LogP contribution >= 0.6 is 0 Å². The van der Waals surface area contributed by atoms with Gasteiger partial charge in [0.2, 0.25) is 0 Å². The Morgan fingerprint density at radius 3 is 1.37 bits per heavy atom. The summed E-state index contributed by atoms with van der Waals surface area (Å²) in [4.78, 5) is 2.44. The first-order chi connectivity index (χ1) is 18.2. The van der Waals surface area contributed by atoms with Crippen LogP contribution in [0, 0.1) is 0 Å². The van der Waals surface area contributed by atoms with Crippen molar-refractivity contribution in [2.45, 2.75) is 44.9 Å². The zero-order valence-corrected chi connectivity index (χ0v) is 23.8. The summed E-state index contributed by atoms with van der Waals surface area (Å²) in [6.07, 6.45) is 2.83. The van der Waals surface area contributed by atoms with Gasteiger partial charge in [-0.2, -0.15) is 0 Å². The highest BCUT2D eigenvalue weighted by atomic mass is 32.2. The first kappa shape index (κ1) is 36.6. The molecule has 0 amide bonds. The van der Waals surface area contributed by atoms with Crippen molar-refractivity contribution in [3.8, 4) is 17.2 Å². The summed E-state index contributed by atoms with van der Waals surface area (Å²) in [6.45, 7) is 17.0. The molecule has 0 spiro atoms. The molecule has 38 heavy (non-hydrogen) atoms. The number of ether oxygens (including phenoxy) is 5. The molecule has 0 heterocycles. The monoisotopic (exact) mass is 543 g/mol. The standard InChI is InChI=1S/C17H18O3S.C10H12O2.2C2H6.CH4/c1-3-19-12-13-20-15-6-10-17(11-7-15)21-16-8-4-14(18-2)5-9-16;1-2-11-8-9-12-10-6-4-3-5-7-10;2*1-2;/h3-11H,1,12-13H2,2H3;2-7H,1,8-9H2;2*1-2H3;1H4/p+1. The molecule has 6 heteroatoms. The van der Waals surface area contributed by atoms with Crippen molar-refractivity contribution in [2.24, 2.45) is 0 Å². The van der Waals surface area contributed by atoms with Gasteiger partial charge in [0.25, 0.3) is 0 Å². The van der Waals surface area contributed by atoms with Gasteiger partial charge >= 0.3 is 0 Å². The average molecular weight is 544 g/mol. The second-order valence-electron chi connectivity index (χ2n) is 6.39. The highest BCUT2D eigenvalue weighted by Gasteiger charge is 2.07. The molecule has 5 nitrogen and oxygen atoms in total.